The van der Waals surface area contributed by atoms with Gasteiger partial charge in [0.05, 0.1) is 36.5 Å². The SMILES string of the molecule is CCOC(=O)C1=C(CN2C(=O)C(=O)N(C(C)c3ccccc3)C2=O)NC(=O)NC1C. The zero-order chi connectivity index (χ0) is 22.0. The van der Waals surface area contributed by atoms with E-state index in [0.717, 1.165) is 4.90 Å². The van der Waals surface area contributed by atoms with E-state index in [2.05, 4.69) is 10.6 Å². The molecule has 0 bridgehead atoms. The average molecular weight is 414 g/mol. The first-order valence-electron chi connectivity index (χ1n) is 9.47. The highest BCUT2D eigenvalue weighted by Gasteiger charge is 2.48. The van der Waals surface area contributed by atoms with E-state index in [-0.39, 0.29) is 17.9 Å². The summed E-state index contributed by atoms with van der Waals surface area (Å²) < 4.78 is 5.02. The zero-order valence-corrected chi connectivity index (χ0v) is 16.8. The average Bonchev–Trinajstić information content (AvgIpc) is 2.91. The first kappa shape index (κ1) is 21.0. The van der Waals surface area contributed by atoms with Crippen LogP contribution in [-0.2, 0) is 19.1 Å². The van der Waals surface area contributed by atoms with Crippen molar-refractivity contribution < 1.29 is 28.7 Å². The van der Waals surface area contributed by atoms with Gasteiger partial charge >= 0.3 is 29.8 Å². The van der Waals surface area contributed by atoms with Crippen LogP contribution in [0.5, 0.6) is 0 Å². The van der Waals surface area contributed by atoms with Crippen LogP contribution in [0.4, 0.5) is 9.59 Å². The molecular weight excluding hydrogens is 392 g/mol. The second kappa shape index (κ2) is 8.36. The minimum atomic E-state index is -1.03. The van der Waals surface area contributed by atoms with Gasteiger partial charge in [0.25, 0.3) is 0 Å². The highest BCUT2D eigenvalue weighted by molar-refractivity contribution is 6.44. The van der Waals surface area contributed by atoms with Gasteiger partial charge in [-0.05, 0) is 26.3 Å². The Morgan fingerprint density at radius 3 is 2.43 bits per heavy atom. The van der Waals surface area contributed by atoms with Crippen LogP contribution in [-0.4, -0.2) is 58.8 Å². The number of esters is 1. The first-order valence-corrected chi connectivity index (χ1v) is 9.47. The molecule has 0 radical (unpaired) electrons. The number of urea groups is 2. The second-order valence-corrected chi connectivity index (χ2v) is 6.87. The van der Waals surface area contributed by atoms with Gasteiger partial charge in [-0.15, -0.1) is 0 Å². The lowest BCUT2D eigenvalue weighted by Gasteiger charge is -2.28. The third-order valence-electron chi connectivity index (χ3n) is 4.93. The third kappa shape index (κ3) is 3.76. The molecule has 0 aromatic heterocycles. The molecule has 2 aliphatic heterocycles. The van der Waals surface area contributed by atoms with E-state index < -0.39 is 48.5 Å². The number of benzene rings is 1. The van der Waals surface area contributed by atoms with Crippen molar-refractivity contribution in [2.75, 3.05) is 13.2 Å². The van der Waals surface area contributed by atoms with Crippen molar-refractivity contribution in [2.24, 2.45) is 0 Å². The van der Waals surface area contributed by atoms with Gasteiger partial charge < -0.3 is 15.4 Å². The number of ether oxygens (including phenoxy) is 1. The maximum Gasteiger partial charge on any atom is 0.337 e. The highest BCUT2D eigenvalue weighted by atomic mass is 16.5. The van der Waals surface area contributed by atoms with Crippen LogP contribution in [0.15, 0.2) is 41.6 Å². The van der Waals surface area contributed by atoms with Gasteiger partial charge in [0.2, 0.25) is 0 Å². The molecule has 2 N–H and O–H groups in total. The first-order chi connectivity index (χ1) is 14.3. The maximum absolute atomic E-state index is 12.9. The van der Waals surface area contributed by atoms with Gasteiger partial charge in [0.15, 0.2) is 0 Å². The van der Waals surface area contributed by atoms with Gasteiger partial charge in [-0.2, -0.15) is 0 Å². The Morgan fingerprint density at radius 2 is 1.80 bits per heavy atom. The van der Waals surface area contributed by atoms with Gasteiger partial charge in [0.1, 0.15) is 0 Å². The summed E-state index contributed by atoms with van der Waals surface area (Å²) in [6.07, 6.45) is 0. The molecule has 1 saturated heterocycles. The van der Waals surface area contributed by atoms with Crippen molar-refractivity contribution in [3.05, 3.63) is 47.2 Å². The number of rotatable bonds is 6. The maximum atomic E-state index is 12.9. The number of carbonyl (C=O) groups excluding carboxylic acids is 5. The fourth-order valence-corrected chi connectivity index (χ4v) is 3.45. The minimum Gasteiger partial charge on any atom is -0.463 e. The Balaban J connectivity index is 1.91. The van der Waals surface area contributed by atoms with E-state index in [1.807, 2.05) is 0 Å². The Labute approximate surface area is 172 Å². The molecule has 6 amide bonds. The predicted octanol–water partition coefficient (Wildman–Crippen LogP) is 1.06. The van der Waals surface area contributed by atoms with Crippen LogP contribution in [0.2, 0.25) is 0 Å². The molecule has 2 heterocycles. The summed E-state index contributed by atoms with van der Waals surface area (Å²) in [4.78, 5) is 63.8. The molecule has 0 saturated carbocycles. The molecule has 1 aromatic carbocycles. The van der Waals surface area contributed by atoms with Gasteiger partial charge in [-0.1, -0.05) is 30.3 Å². The largest absolute Gasteiger partial charge is 0.463 e. The van der Waals surface area contributed by atoms with Crippen LogP contribution in [0.3, 0.4) is 0 Å². The molecule has 2 unspecified atom stereocenters. The molecule has 1 aromatic rings. The molecule has 10 nitrogen and oxygen atoms in total. The van der Waals surface area contributed by atoms with Crippen molar-refractivity contribution in [3.63, 3.8) is 0 Å². The highest BCUT2D eigenvalue weighted by Crippen LogP contribution is 2.27. The summed E-state index contributed by atoms with van der Waals surface area (Å²) in [6, 6.07) is 6.03. The summed E-state index contributed by atoms with van der Waals surface area (Å²) in [5, 5.41) is 4.98. The summed E-state index contributed by atoms with van der Waals surface area (Å²) in [5.74, 6) is -2.69. The Kier molecular flexibility index (Phi) is 5.86. The number of nitrogens with one attached hydrogen (secondary N) is 2. The van der Waals surface area contributed by atoms with Crippen LogP contribution in [0.1, 0.15) is 32.4 Å². The minimum absolute atomic E-state index is 0.0356. The fourth-order valence-electron chi connectivity index (χ4n) is 3.45. The van der Waals surface area contributed by atoms with Crippen molar-refractivity contribution >= 4 is 29.8 Å². The summed E-state index contributed by atoms with van der Waals surface area (Å²) in [7, 11) is 0. The lowest BCUT2D eigenvalue weighted by molar-refractivity contribution is -0.143. The lowest BCUT2D eigenvalue weighted by Crippen LogP contribution is -2.51. The molecule has 3 rings (SSSR count). The lowest BCUT2D eigenvalue weighted by atomic mass is 10.0. The van der Waals surface area contributed by atoms with E-state index in [1.54, 1.807) is 51.1 Å². The van der Waals surface area contributed by atoms with Gasteiger partial charge in [-0.3, -0.25) is 9.59 Å². The number of hydrogen-bond donors (Lipinski definition) is 2. The van der Waals surface area contributed by atoms with Crippen molar-refractivity contribution in [1.82, 2.24) is 20.4 Å². The van der Waals surface area contributed by atoms with E-state index in [4.69, 9.17) is 4.74 Å². The van der Waals surface area contributed by atoms with Crippen LogP contribution in [0, 0.1) is 0 Å². The quantitative estimate of drug-likeness (QED) is 0.407. The number of carbonyl (C=O) groups is 5. The molecule has 1 fully saturated rings. The van der Waals surface area contributed by atoms with Crippen LogP contribution >= 0.6 is 0 Å². The van der Waals surface area contributed by atoms with E-state index in [0.29, 0.717) is 10.5 Å². The molecule has 0 aliphatic carbocycles. The third-order valence-corrected chi connectivity index (χ3v) is 4.93. The van der Waals surface area contributed by atoms with Crippen molar-refractivity contribution in [1.29, 1.82) is 0 Å². The standard InChI is InChI=1S/C20H22N4O6/c1-4-30-18(27)15-11(2)21-19(28)22-14(15)10-23-16(25)17(26)24(20(23)29)12(3)13-8-6-5-7-9-13/h5-9,11-12H,4,10H2,1-3H3,(H2,21,22,28). The van der Waals surface area contributed by atoms with E-state index in [1.165, 1.54) is 0 Å². The summed E-state index contributed by atoms with van der Waals surface area (Å²) >= 11 is 0. The Morgan fingerprint density at radius 1 is 1.13 bits per heavy atom. The fraction of sp³-hybridized carbons (Fsp3) is 0.350. The van der Waals surface area contributed by atoms with Gasteiger partial charge in [-0.25, -0.2) is 24.2 Å². The molecular formula is C20H22N4O6. The number of nitrogens with zero attached hydrogens (tertiary/aromatic N) is 2. The summed E-state index contributed by atoms with van der Waals surface area (Å²) in [6.45, 7) is 4.52. The Hall–Kier alpha value is -3.69. The van der Waals surface area contributed by atoms with Crippen molar-refractivity contribution in [3.8, 4) is 0 Å². The monoisotopic (exact) mass is 414 g/mol. The summed E-state index contributed by atoms with van der Waals surface area (Å²) in [5.41, 5.74) is 0.802. The Bertz CT molecular complexity index is 942. The normalized spacial score (nSPS) is 20.3. The predicted molar refractivity (Wildman–Crippen MR) is 104 cm³/mol. The number of imide groups is 2. The number of hydrogen-bond acceptors (Lipinski definition) is 6. The molecule has 30 heavy (non-hydrogen) atoms. The van der Waals surface area contributed by atoms with Gasteiger partial charge in [0, 0.05) is 0 Å². The van der Waals surface area contributed by atoms with Crippen molar-refractivity contribution in [2.45, 2.75) is 32.9 Å². The molecule has 158 valence electrons. The second-order valence-electron chi connectivity index (χ2n) is 6.87. The van der Waals surface area contributed by atoms with Crippen LogP contribution in [0.25, 0.3) is 0 Å². The topological polar surface area (TPSA) is 125 Å². The molecule has 0 spiro atoms. The van der Waals surface area contributed by atoms with E-state index >= 15 is 0 Å². The van der Waals surface area contributed by atoms with Crippen LogP contribution < -0.4 is 10.6 Å². The zero-order valence-electron chi connectivity index (χ0n) is 16.8. The number of amides is 6. The molecule has 2 atom stereocenters. The molecule has 2 aliphatic rings. The smallest absolute Gasteiger partial charge is 0.337 e. The van der Waals surface area contributed by atoms with E-state index in [9.17, 15) is 24.0 Å². The molecule has 10 heteroatoms.